The van der Waals surface area contributed by atoms with Crippen LogP contribution in [-0.2, 0) is 0 Å². The molecule has 0 aliphatic carbocycles. The second-order valence-corrected chi connectivity index (χ2v) is 8.04. The molecule has 0 radical (unpaired) electrons. The Balaban J connectivity index is 1.72. The summed E-state index contributed by atoms with van der Waals surface area (Å²) in [5, 5.41) is 21.3. The van der Waals surface area contributed by atoms with Gasteiger partial charge in [-0.2, -0.15) is 0 Å². The summed E-state index contributed by atoms with van der Waals surface area (Å²) in [6.07, 6.45) is 0.821. The second-order valence-electron chi connectivity index (χ2n) is 5.52. The van der Waals surface area contributed by atoms with E-state index in [-0.39, 0.29) is 11.7 Å². The van der Waals surface area contributed by atoms with Crippen molar-refractivity contribution in [1.29, 1.82) is 0 Å². The first kappa shape index (κ1) is 18.5. The molecule has 0 aliphatic rings. The Bertz CT molecular complexity index is 750. The van der Waals surface area contributed by atoms with E-state index in [2.05, 4.69) is 27.4 Å². The van der Waals surface area contributed by atoms with Crippen molar-refractivity contribution in [1.82, 2.24) is 15.5 Å². The van der Waals surface area contributed by atoms with E-state index < -0.39 is 5.60 Å². The van der Waals surface area contributed by atoms with Crippen molar-refractivity contribution in [3.05, 3.63) is 28.7 Å². The van der Waals surface area contributed by atoms with Crippen LogP contribution in [0.15, 0.2) is 20.9 Å². The molecule has 128 valence electrons. The molecule has 0 unspecified atom stereocenters. The van der Waals surface area contributed by atoms with Crippen molar-refractivity contribution >= 4 is 29.0 Å². The average Bonchev–Trinajstić information content (AvgIpc) is 3.13. The third-order valence-corrected chi connectivity index (χ3v) is 4.72. The minimum atomic E-state index is -1.10. The van der Waals surface area contributed by atoms with Crippen molar-refractivity contribution in [3.8, 4) is 11.8 Å². The van der Waals surface area contributed by atoms with Crippen LogP contribution in [0.2, 0.25) is 0 Å². The lowest BCUT2D eigenvalue weighted by Crippen LogP contribution is -2.24. The Morgan fingerprint density at radius 3 is 2.92 bits per heavy atom. The van der Waals surface area contributed by atoms with Crippen molar-refractivity contribution in [3.63, 3.8) is 0 Å². The summed E-state index contributed by atoms with van der Waals surface area (Å²) in [5.74, 6) is 6.47. The number of thioether (sulfide) groups is 1. The number of carbonyl (C=O) groups is 1. The summed E-state index contributed by atoms with van der Waals surface area (Å²) in [6.45, 7) is 5.63. The first-order chi connectivity index (χ1) is 11.3. The Labute approximate surface area is 149 Å². The predicted octanol–water partition coefficient (Wildman–Crippen LogP) is 2.47. The van der Waals surface area contributed by atoms with E-state index in [0.717, 1.165) is 21.5 Å². The zero-order valence-electron chi connectivity index (χ0n) is 13.8. The molecule has 0 aliphatic heterocycles. The molecule has 0 bridgehead atoms. The summed E-state index contributed by atoms with van der Waals surface area (Å²) in [7, 11) is 0. The fraction of sp³-hybridized carbons (Fsp3) is 0.438. The lowest BCUT2D eigenvalue weighted by Gasteiger charge is -2.05. The van der Waals surface area contributed by atoms with Crippen LogP contribution < -0.4 is 5.32 Å². The maximum atomic E-state index is 12.0. The van der Waals surface area contributed by atoms with Gasteiger partial charge in [0, 0.05) is 12.3 Å². The summed E-state index contributed by atoms with van der Waals surface area (Å²) in [6, 6.07) is 3.18. The lowest BCUT2D eigenvalue weighted by molar-refractivity contribution is 0.0925. The average molecular weight is 365 g/mol. The van der Waals surface area contributed by atoms with E-state index in [1.807, 2.05) is 6.92 Å². The quantitative estimate of drug-likeness (QED) is 0.464. The van der Waals surface area contributed by atoms with Crippen LogP contribution in [0.4, 0.5) is 0 Å². The number of aliphatic hydroxyl groups is 1. The van der Waals surface area contributed by atoms with Gasteiger partial charge in [-0.15, -0.1) is 10.2 Å². The molecule has 0 saturated carbocycles. The van der Waals surface area contributed by atoms with E-state index in [1.54, 1.807) is 49.1 Å². The molecule has 0 fully saturated rings. The number of rotatable bonds is 6. The summed E-state index contributed by atoms with van der Waals surface area (Å²) >= 11 is 3.20. The van der Waals surface area contributed by atoms with Gasteiger partial charge in [0.2, 0.25) is 0 Å². The number of carbonyl (C=O) groups excluding carboxylic acids is 1. The molecule has 2 aromatic rings. The fourth-order valence-electron chi connectivity index (χ4n) is 1.60. The van der Waals surface area contributed by atoms with Gasteiger partial charge in [0.05, 0.1) is 0 Å². The normalized spacial score (nSPS) is 11.0. The molecule has 2 rings (SSSR count). The third-order valence-electron chi connectivity index (χ3n) is 2.66. The first-order valence-corrected chi connectivity index (χ1v) is 9.20. The topological polar surface area (TPSA) is 88.2 Å². The number of aromatic nitrogens is 2. The fourth-order valence-corrected chi connectivity index (χ4v) is 3.42. The summed E-state index contributed by atoms with van der Waals surface area (Å²) in [5.41, 5.74) is -1.10. The van der Waals surface area contributed by atoms with E-state index in [0.29, 0.717) is 12.3 Å². The van der Waals surface area contributed by atoms with Crippen molar-refractivity contribution in [2.75, 3.05) is 12.3 Å². The highest BCUT2D eigenvalue weighted by atomic mass is 32.2. The van der Waals surface area contributed by atoms with E-state index in [4.69, 9.17) is 4.42 Å². The van der Waals surface area contributed by atoms with Crippen molar-refractivity contribution < 1.29 is 14.3 Å². The highest BCUT2D eigenvalue weighted by Crippen LogP contribution is 2.22. The minimum absolute atomic E-state index is 0.211. The maximum Gasteiger partial charge on any atom is 0.287 e. The molecule has 8 heteroatoms. The van der Waals surface area contributed by atoms with Crippen LogP contribution in [0.3, 0.4) is 0 Å². The van der Waals surface area contributed by atoms with Crippen molar-refractivity contribution in [2.45, 2.75) is 37.1 Å². The molecular formula is C16H19N3O3S2. The van der Waals surface area contributed by atoms with E-state index >= 15 is 0 Å². The van der Waals surface area contributed by atoms with Gasteiger partial charge in [-0.3, -0.25) is 4.79 Å². The minimum Gasteiger partial charge on any atom is -0.443 e. The molecule has 2 N–H and O–H groups in total. The van der Waals surface area contributed by atoms with E-state index in [9.17, 15) is 9.90 Å². The first-order valence-electron chi connectivity index (χ1n) is 7.40. The smallest absolute Gasteiger partial charge is 0.287 e. The van der Waals surface area contributed by atoms with Gasteiger partial charge in [0.1, 0.15) is 10.6 Å². The lowest BCUT2D eigenvalue weighted by atomic mass is 10.1. The van der Waals surface area contributed by atoms with E-state index in [1.165, 1.54) is 0 Å². The molecule has 1 amide bonds. The molecule has 0 aromatic carbocycles. The van der Waals surface area contributed by atoms with Gasteiger partial charge < -0.3 is 14.8 Å². The van der Waals surface area contributed by atoms with Gasteiger partial charge >= 0.3 is 0 Å². The summed E-state index contributed by atoms with van der Waals surface area (Å²) in [4.78, 5) is 12.0. The number of nitrogens with zero attached hydrogens (tertiary/aromatic N) is 2. The molecule has 2 heterocycles. The van der Waals surface area contributed by atoms with Gasteiger partial charge in [-0.1, -0.05) is 29.0 Å². The van der Waals surface area contributed by atoms with Gasteiger partial charge in [-0.25, -0.2) is 0 Å². The Hall–Kier alpha value is -1.82. The second kappa shape index (κ2) is 8.33. The number of aryl methyl sites for hydroxylation is 1. The zero-order valence-corrected chi connectivity index (χ0v) is 15.4. The number of furan rings is 1. The molecule has 6 nitrogen and oxygen atoms in total. The number of amides is 1. The zero-order chi connectivity index (χ0) is 17.6. The van der Waals surface area contributed by atoms with Gasteiger partial charge in [0.15, 0.2) is 15.9 Å². The van der Waals surface area contributed by atoms with Crippen LogP contribution in [0.1, 0.15) is 41.6 Å². The highest BCUT2D eigenvalue weighted by Gasteiger charge is 2.11. The van der Waals surface area contributed by atoms with Crippen LogP contribution in [0.5, 0.6) is 0 Å². The van der Waals surface area contributed by atoms with Crippen LogP contribution in [0, 0.1) is 18.8 Å². The molecule has 0 spiro atoms. The van der Waals surface area contributed by atoms with Gasteiger partial charge in [0.25, 0.3) is 5.91 Å². The molecular weight excluding hydrogens is 346 g/mol. The Kier molecular flexibility index (Phi) is 6.43. The Morgan fingerprint density at radius 2 is 2.25 bits per heavy atom. The predicted molar refractivity (Wildman–Crippen MR) is 94.2 cm³/mol. The van der Waals surface area contributed by atoms with Gasteiger partial charge in [-0.05, 0) is 45.2 Å². The van der Waals surface area contributed by atoms with Crippen molar-refractivity contribution in [2.24, 2.45) is 0 Å². The summed E-state index contributed by atoms with van der Waals surface area (Å²) < 4.78 is 6.30. The van der Waals surface area contributed by atoms with Crippen LogP contribution in [-0.4, -0.2) is 39.1 Å². The SMILES string of the molecule is Cc1nnc(SCCCNC(=O)c2ccc(C#CC(C)(C)O)o2)s1. The molecule has 0 saturated heterocycles. The van der Waals surface area contributed by atoms with Crippen LogP contribution in [0.25, 0.3) is 0 Å². The highest BCUT2D eigenvalue weighted by molar-refractivity contribution is 8.01. The number of hydrogen-bond donors (Lipinski definition) is 2. The van der Waals surface area contributed by atoms with Crippen LogP contribution >= 0.6 is 23.1 Å². The number of hydrogen-bond acceptors (Lipinski definition) is 7. The molecule has 2 aromatic heterocycles. The standard InChI is InChI=1S/C16H19N3O3S2/c1-11-18-19-15(24-11)23-10-4-9-17-14(20)13-6-5-12(22-13)7-8-16(2,3)21/h5-6,21H,4,9-10H2,1-3H3,(H,17,20). The largest absolute Gasteiger partial charge is 0.443 e. The number of nitrogens with one attached hydrogen (secondary N) is 1. The monoisotopic (exact) mass is 365 g/mol. The third kappa shape index (κ3) is 6.35. The Morgan fingerprint density at radius 1 is 1.46 bits per heavy atom. The maximum absolute atomic E-state index is 12.0. The molecule has 24 heavy (non-hydrogen) atoms. The molecule has 0 atom stereocenters.